The molecule has 0 saturated heterocycles. The van der Waals surface area contributed by atoms with E-state index in [1.165, 1.54) is 26.4 Å². The summed E-state index contributed by atoms with van der Waals surface area (Å²) in [5.41, 5.74) is 0.224. The van der Waals surface area contributed by atoms with Crippen molar-refractivity contribution in [2.24, 2.45) is 0 Å². The van der Waals surface area contributed by atoms with E-state index in [2.05, 4.69) is 0 Å². The zero-order chi connectivity index (χ0) is 12.0. The molecule has 5 nitrogen and oxygen atoms in total. The number of aldehydes is 1. The third-order valence-corrected chi connectivity index (χ3v) is 2.04. The first-order valence-electron chi connectivity index (χ1n) is 4.67. The lowest BCUT2D eigenvalue weighted by Crippen LogP contribution is -2.21. The third-order valence-electron chi connectivity index (χ3n) is 2.04. The summed E-state index contributed by atoms with van der Waals surface area (Å²) < 4.78 is 15.2. The highest BCUT2D eigenvalue weighted by Crippen LogP contribution is 2.22. The molecule has 1 aromatic rings. The van der Waals surface area contributed by atoms with Crippen molar-refractivity contribution in [3.8, 4) is 11.5 Å². The lowest BCUT2D eigenvalue weighted by Gasteiger charge is -2.14. The van der Waals surface area contributed by atoms with Crippen molar-refractivity contribution in [2.45, 2.75) is 6.29 Å². The molecule has 0 atom stereocenters. The van der Waals surface area contributed by atoms with Crippen LogP contribution in [0.4, 0.5) is 0 Å². The van der Waals surface area contributed by atoms with E-state index in [1.54, 1.807) is 6.07 Å². The number of carbonyl (C=O) groups excluding carboxylic acids is 1. The number of methoxy groups -OCH3 is 2. The fourth-order valence-corrected chi connectivity index (χ4v) is 1.11. The van der Waals surface area contributed by atoms with Crippen molar-refractivity contribution in [1.82, 2.24) is 0 Å². The molecule has 0 amide bonds. The molecule has 0 saturated carbocycles. The maximum absolute atomic E-state index is 10.5. The maximum atomic E-state index is 10.5. The second-order valence-electron chi connectivity index (χ2n) is 3.05. The Bertz CT molecular complexity index is 346. The Morgan fingerprint density at radius 1 is 1.38 bits per heavy atom. The number of ether oxygens (including phenoxy) is 3. The topological polar surface area (TPSA) is 65.0 Å². The van der Waals surface area contributed by atoms with Crippen LogP contribution in [-0.2, 0) is 9.47 Å². The monoisotopic (exact) mass is 226 g/mol. The molecular formula is C11H14O5. The predicted octanol–water partition coefficient (Wildman–Crippen LogP) is 1.20. The van der Waals surface area contributed by atoms with Crippen LogP contribution in [0.5, 0.6) is 11.5 Å². The highest BCUT2D eigenvalue weighted by molar-refractivity contribution is 5.79. The number of hydrogen-bond donors (Lipinski definition) is 1. The van der Waals surface area contributed by atoms with E-state index in [9.17, 15) is 9.90 Å². The van der Waals surface area contributed by atoms with E-state index in [1.807, 2.05) is 0 Å². The SMILES string of the molecule is COC(COc1ccc(C=O)c(O)c1)OC. The van der Waals surface area contributed by atoms with Gasteiger partial charge in [0, 0.05) is 20.3 Å². The van der Waals surface area contributed by atoms with Gasteiger partial charge in [0.25, 0.3) is 0 Å². The molecule has 0 aliphatic heterocycles. The molecular weight excluding hydrogens is 212 g/mol. The van der Waals surface area contributed by atoms with Crippen LogP contribution >= 0.6 is 0 Å². The van der Waals surface area contributed by atoms with Crippen molar-refractivity contribution >= 4 is 6.29 Å². The van der Waals surface area contributed by atoms with Crippen molar-refractivity contribution in [3.63, 3.8) is 0 Å². The zero-order valence-corrected chi connectivity index (χ0v) is 9.17. The average molecular weight is 226 g/mol. The molecule has 1 rings (SSSR count). The number of rotatable bonds is 6. The lowest BCUT2D eigenvalue weighted by molar-refractivity contribution is -0.121. The number of benzene rings is 1. The van der Waals surface area contributed by atoms with Crippen LogP contribution < -0.4 is 4.74 Å². The van der Waals surface area contributed by atoms with Gasteiger partial charge in [0.05, 0.1) is 5.56 Å². The second kappa shape index (κ2) is 6.09. The summed E-state index contributed by atoms with van der Waals surface area (Å²) in [4.78, 5) is 10.5. The lowest BCUT2D eigenvalue weighted by atomic mass is 10.2. The van der Waals surface area contributed by atoms with Gasteiger partial charge in [-0.25, -0.2) is 0 Å². The van der Waals surface area contributed by atoms with E-state index in [0.29, 0.717) is 12.0 Å². The summed E-state index contributed by atoms with van der Waals surface area (Å²) in [5.74, 6) is 0.334. The Labute approximate surface area is 93.6 Å². The van der Waals surface area contributed by atoms with Crippen molar-refractivity contribution in [2.75, 3.05) is 20.8 Å². The minimum Gasteiger partial charge on any atom is -0.507 e. The van der Waals surface area contributed by atoms with E-state index in [4.69, 9.17) is 14.2 Å². The normalized spacial score (nSPS) is 10.4. The zero-order valence-electron chi connectivity index (χ0n) is 9.17. The first-order valence-corrected chi connectivity index (χ1v) is 4.67. The Morgan fingerprint density at radius 3 is 2.56 bits per heavy atom. The van der Waals surface area contributed by atoms with Gasteiger partial charge in [-0.2, -0.15) is 0 Å². The number of hydrogen-bond acceptors (Lipinski definition) is 5. The second-order valence-corrected chi connectivity index (χ2v) is 3.05. The maximum Gasteiger partial charge on any atom is 0.191 e. The number of carbonyl (C=O) groups is 1. The van der Waals surface area contributed by atoms with E-state index in [-0.39, 0.29) is 17.9 Å². The summed E-state index contributed by atoms with van der Waals surface area (Å²) in [5, 5.41) is 9.40. The van der Waals surface area contributed by atoms with Gasteiger partial charge in [-0.3, -0.25) is 4.79 Å². The molecule has 0 heterocycles. The molecule has 1 N–H and O–H groups in total. The summed E-state index contributed by atoms with van der Waals surface area (Å²) in [6.45, 7) is 0.201. The first kappa shape index (κ1) is 12.5. The fraction of sp³-hybridized carbons (Fsp3) is 0.364. The number of phenolic OH excluding ortho intramolecular Hbond substituents is 1. The number of phenols is 1. The minimum atomic E-state index is -0.465. The van der Waals surface area contributed by atoms with Gasteiger partial charge >= 0.3 is 0 Å². The van der Waals surface area contributed by atoms with Gasteiger partial charge in [-0.1, -0.05) is 0 Å². The van der Waals surface area contributed by atoms with Crippen LogP contribution in [0.25, 0.3) is 0 Å². The standard InChI is InChI=1S/C11H14O5/c1-14-11(15-2)7-16-9-4-3-8(6-12)10(13)5-9/h3-6,11,13H,7H2,1-2H3. The molecule has 0 bridgehead atoms. The molecule has 0 aliphatic rings. The Kier molecular flexibility index (Phi) is 4.75. The summed E-state index contributed by atoms with van der Waals surface area (Å²) >= 11 is 0. The fourth-order valence-electron chi connectivity index (χ4n) is 1.11. The van der Waals surface area contributed by atoms with Crippen molar-refractivity contribution < 1.29 is 24.1 Å². The van der Waals surface area contributed by atoms with Crippen LogP contribution in [0.3, 0.4) is 0 Å². The summed E-state index contributed by atoms with van der Waals surface area (Å²) in [7, 11) is 3.01. The van der Waals surface area contributed by atoms with Crippen LogP contribution in [0.1, 0.15) is 10.4 Å². The molecule has 88 valence electrons. The van der Waals surface area contributed by atoms with Gasteiger partial charge in [-0.05, 0) is 12.1 Å². The molecule has 0 aromatic heterocycles. The Balaban J connectivity index is 2.61. The highest BCUT2D eigenvalue weighted by Gasteiger charge is 2.07. The molecule has 0 radical (unpaired) electrons. The molecule has 0 spiro atoms. The van der Waals surface area contributed by atoms with Crippen LogP contribution in [0.2, 0.25) is 0 Å². The molecule has 16 heavy (non-hydrogen) atoms. The van der Waals surface area contributed by atoms with E-state index >= 15 is 0 Å². The third kappa shape index (κ3) is 3.22. The number of aromatic hydroxyl groups is 1. The van der Waals surface area contributed by atoms with Crippen LogP contribution in [-0.4, -0.2) is 38.5 Å². The first-order chi connectivity index (χ1) is 7.71. The van der Waals surface area contributed by atoms with E-state index < -0.39 is 6.29 Å². The summed E-state index contributed by atoms with van der Waals surface area (Å²) in [6.07, 6.45) is 0.111. The van der Waals surface area contributed by atoms with Crippen LogP contribution in [0.15, 0.2) is 18.2 Å². The Morgan fingerprint density at radius 2 is 2.06 bits per heavy atom. The molecule has 5 heteroatoms. The van der Waals surface area contributed by atoms with Crippen LogP contribution in [0, 0.1) is 0 Å². The van der Waals surface area contributed by atoms with Crippen molar-refractivity contribution in [3.05, 3.63) is 23.8 Å². The Hall–Kier alpha value is -1.59. The molecule has 1 aromatic carbocycles. The highest BCUT2D eigenvalue weighted by atomic mass is 16.7. The van der Waals surface area contributed by atoms with Gasteiger partial charge < -0.3 is 19.3 Å². The quantitative estimate of drug-likeness (QED) is 0.583. The molecule has 0 aliphatic carbocycles. The average Bonchev–Trinajstić information content (AvgIpc) is 2.30. The molecule has 0 unspecified atom stereocenters. The largest absolute Gasteiger partial charge is 0.507 e. The van der Waals surface area contributed by atoms with Gasteiger partial charge in [0.15, 0.2) is 12.6 Å². The van der Waals surface area contributed by atoms with Gasteiger partial charge in [0.2, 0.25) is 0 Å². The van der Waals surface area contributed by atoms with Gasteiger partial charge in [-0.15, -0.1) is 0 Å². The molecule has 0 fully saturated rings. The van der Waals surface area contributed by atoms with Gasteiger partial charge in [0.1, 0.15) is 18.1 Å². The smallest absolute Gasteiger partial charge is 0.191 e. The summed E-state index contributed by atoms with van der Waals surface area (Å²) in [6, 6.07) is 4.43. The predicted molar refractivity (Wildman–Crippen MR) is 56.8 cm³/mol. The van der Waals surface area contributed by atoms with E-state index in [0.717, 1.165) is 0 Å². The minimum absolute atomic E-state index is 0.112. The van der Waals surface area contributed by atoms with Crippen molar-refractivity contribution in [1.29, 1.82) is 0 Å².